The first-order chi connectivity index (χ1) is 8.33. The zero-order valence-electron chi connectivity index (χ0n) is 10.1. The molecule has 0 aromatic heterocycles. The van der Waals surface area contributed by atoms with Crippen molar-refractivity contribution >= 4 is 5.91 Å². The van der Waals surface area contributed by atoms with Crippen molar-refractivity contribution in [1.82, 2.24) is 9.80 Å². The molecule has 5 heteroatoms. The largest absolute Gasteiger partial charge is 0.378 e. The Labute approximate surface area is 102 Å². The van der Waals surface area contributed by atoms with Gasteiger partial charge < -0.3 is 9.64 Å². The number of hydrogen-bond donors (Lipinski definition) is 0. The number of carbonyl (C=O) groups is 1. The lowest BCUT2D eigenvalue weighted by atomic mass is 10.0. The van der Waals surface area contributed by atoms with Gasteiger partial charge in [0.2, 0.25) is 5.91 Å². The number of amides is 1. The highest BCUT2D eigenvalue weighted by atomic mass is 16.5. The fourth-order valence-electron chi connectivity index (χ4n) is 2.55. The van der Waals surface area contributed by atoms with Crippen molar-refractivity contribution in [2.75, 3.05) is 39.4 Å². The Morgan fingerprint density at radius 3 is 2.76 bits per heavy atom. The smallest absolute Gasteiger partial charge is 0.240 e. The molecule has 0 aromatic carbocycles. The molecule has 17 heavy (non-hydrogen) atoms. The highest BCUT2D eigenvalue weighted by Gasteiger charge is 2.32. The van der Waals surface area contributed by atoms with Crippen LogP contribution in [0.25, 0.3) is 0 Å². The van der Waals surface area contributed by atoms with Crippen LogP contribution in [0.4, 0.5) is 0 Å². The molecular weight excluding hydrogens is 218 g/mol. The van der Waals surface area contributed by atoms with E-state index in [1.165, 1.54) is 0 Å². The van der Waals surface area contributed by atoms with Crippen molar-refractivity contribution < 1.29 is 9.53 Å². The molecule has 2 heterocycles. The van der Waals surface area contributed by atoms with E-state index in [2.05, 4.69) is 6.07 Å². The predicted molar refractivity (Wildman–Crippen MR) is 62.2 cm³/mol. The number of nitriles is 1. The maximum atomic E-state index is 12.4. The third-order valence-electron chi connectivity index (χ3n) is 3.50. The topological polar surface area (TPSA) is 56.6 Å². The van der Waals surface area contributed by atoms with Gasteiger partial charge in [0.25, 0.3) is 0 Å². The Morgan fingerprint density at radius 1 is 1.29 bits per heavy atom. The molecule has 0 radical (unpaired) electrons. The van der Waals surface area contributed by atoms with E-state index in [9.17, 15) is 4.79 Å². The minimum Gasteiger partial charge on any atom is -0.378 e. The molecule has 2 rings (SSSR count). The first-order valence-electron chi connectivity index (χ1n) is 6.30. The quantitative estimate of drug-likeness (QED) is 0.645. The molecule has 0 N–H and O–H groups in total. The highest BCUT2D eigenvalue weighted by Crippen LogP contribution is 2.19. The summed E-state index contributed by atoms with van der Waals surface area (Å²) in [7, 11) is 0. The Kier molecular flexibility index (Phi) is 4.35. The van der Waals surface area contributed by atoms with Gasteiger partial charge in [-0.05, 0) is 19.4 Å². The number of likely N-dealkylation sites (tertiary alicyclic amines) is 1. The molecule has 0 bridgehead atoms. The molecule has 0 aromatic rings. The summed E-state index contributed by atoms with van der Waals surface area (Å²) in [4.78, 5) is 16.3. The summed E-state index contributed by atoms with van der Waals surface area (Å²) in [6, 6.07) is 2.07. The van der Waals surface area contributed by atoms with E-state index in [0.717, 1.165) is 25.8 Å². The van der Waals surface area contributed by atoms with E-state index < -0.39 is 0 Å². The van der Waals surface area contributed by atoms with Crippen LogP contribution in [0.2, 0.25) is 0 Å². The van der Waals surface area contributed by atoms with Crippen LogP contribution in [0.15, 0.2) is 0 Å². The van der Waals surface area contributed by atoms with E-state index in [1.807, 2.05) is 9.80 Å². The highest BCUT2D eigenvalue weighted by molar-refractivity contribution is 5.82. The molecule has 0 spiro atoms. The standard InChI is InChI=1S/C12H19N3O2/c13-4-6-14-5-2-1-3-11(14)12(16)15-7-9-17-10-8-15/h11H,1-3,5-10H2/t11-/m1/s1. The van der Waals surface area contributed by atoms with E-state index in [0.29, 0.717) is 32.8 Å². The molecule has 2 fully saturated rings. The number of hydrogen-bond acceptors (Lipinski definition) is 4. The Balaban J connectivity index is 1.97. The van der Waals surface area contributed by atoms with E-state index in [4.69, 9.17) is 10.00 Å². The summed E-state index contributed by atoms with van der Waals surface area (Å²) in [6.07, 6.45) is 3.06. The van der Waals surface area contributed by atoms with Crippen LogP contribution in [-0.4, -0.2) is 61.1 Å². The summed E-state index contributed by atoms with van der Waals surface area (Å²) in [5.41, 5.74) is 0. The summed E-state index contributed by atoms with van der Waals surface area (Å²) in [5, 5.41) is 8.79. The molecule has 94 valence electrons. The van der Waals surface area contributed by atoms with Gasteiger partial charge in [0.15, 0.2) is 0 Å². The molecule has 2 saturated heterocycles. The zero-order valence-corrected chi connectivity index (χ0v) is 10.1. The Bertz CT molecular complexity index is 307. The maximum absolute atomic E-state index is 12.4. The number of ether oxygens (including phenoxy) is 1. The second-order valence-electron chi connectivity index (χ2n) is 4.58. The fraction of sp³-hybridized carbons (Fsp3) is 0.833. The SMILES string of the molecule is N#CCN1CCCC[C@@H]1C(=O)N1CCOCC1. The molecule has 0 saturated carbocycles. The van der Waals surface area contributed by atoms with Crippen molar-refractivity contribution in [2.45, 2.75) is 25.3 Å². The van der Waals surface area contributed by atoms with Gasteiger partial charge in [-0.25, -0.2) is 0 Å². The average molecular weight is 237 g/mol. The number of piperidine rings is 1. The molecule has 0 unspecified atom stereocenters. The van der Waals surface area contributed by atoms with Crippen molar-refractivity contribution in [2.24, 2.45) is 0 Å². The van der Waals surface area contributed by atoms with Crippen LogP contribution in [0.1, 0.15) is 19.3 Å². The summed E-state index contributed by atoms with van der Waals surface area (Å²) in [6.45, 7) is 3.88. The number of rotatable bonds is 2. The number of morpholine rings is 1. The third-order valence-corrected chi connectivity index (χ3v) is 3.50. The zero-order chi connectivity index (χ0) is 12.1. The van der Waals surface area contributed by atoms with Gasteiger partial charge in [-0.2, -0.15) is 5.26 Å². The first kappa shape index (κ1) is 12.3. The molecule has 1 amide bonds. The van der Waals surface area contributed by atoms with E-state index in [1.54, 1.807) is 0 Å². The second kappa shape index (κ2) is 5.99. The van der Waals surface area contributed by atoms with Gasteiger partial charge in [-0.1, -0.05) is 6.42 Å². The predicted octanol–water partition coefficient (Wildman–Crippen LogP) is 0.223. The van der Waals surface area contributed by atoms with Crippen molar-refractivity contribution in [3.05, 3.63) is 0 Å². The lowest BCUT2D eigenvalue weighted by Gasteiger charge is -2.37. The van der Waals surface area contributed by atoms with Crippen molar-refractivity contribution in [3.63, 3.8) is 0 Å². The van der Waals surface area contributed by atoms with Crippen LogP contribution < -0.4 is 0 Å². The van der Waals surface area contributed by atoms with Gasteiger partial charge in [0.1, 0.15) is 0 Å². The molecule has 2 aliphatic rings. The summed E-state index contributed by atoms with van der Waals surface area (Å²) in [5.74, 6) is 0.184. The minimum atomic E-state index is -0.0819. The summed E-state index contributed by atoms with van der Waals surface area (Å²) < 4.78 is 5.25. The Hall–Kier alpha value is -1.12. The number of carbonyl (C=O) groups excluding carboxylic acids is 1. The van der Waals surface area contributed by atoms with Crippen LogP contribution in [0.3, 0.4) is 0 Å². The van der Waals surface area contributed by atoms with E-state index >= 15 is 0 Å². The lowest BCUT2D eigenvalue weighted by Crippen LogP contribution is -2.53. The van der Waals surface area contributed by atoms with Crippen LogP contribution in [-0.2, 0) is 9.53 Å². The second-order valence-corrected chi connectivity index (χ2v) is 4.58. The van der Waals surface area contributed by atoms with Crippen LogP contribution in [0, 0.1) is 11.3 Å². The van der Waals surface area contributed by atoms with Crippen LogP contribution >= 0.6 is 0 Å². The van der Waals surface area contributed by atoms with Gasteiger partial charge in [-0.15, -0.1) is 0 Å². The maximum Gasteiger partial charge on any atom is 0.240 e. The van der Waals surface area contributed by atoms with Gasteiger partial charge in [-0.3, -0.25) is 9.69 Å². The lowest BCUT2D eigenvalue weighted by molar-refractivity contribution is -0.142. The monoisotopic (exact) mass is 237 g/mol. The third kappa shape index (κ3) is 2.96. The normalized spacial score (nSPS) is 26.5. The minimum absolute atomic E-state index is 0.0819. The summed E-state index contributed by atoms with van der Waals surface area (Å²) >= 11 is 0. The van der Waals surface area contributed by atoms with Crippen molar-refractivity contribution in [3.8, 4) is 6.07 Å². The fourth-order valence-corrected chi connectivity index (χ4v) is 2.55. The first-order valence-corrected chi connectivity index (χ1v) is 6.30. The molecule has 0 aliphatic carbocycles. The van der Waals surface area contributed by atoms with Crippen LogP contribution in [0.5, 0.6) is 0 Å². The molecular formula is C12H19N3O2. The van der Waals surface area contributed by atoms with Gasteiger partial charge in [0.05, 0.1) is 31.9 Å². The molecule has 5 nitrogen and oxygen atoms in total. The van der Waals surface area contributed by atoms with Gasteiger partial charge in [0, 0.05) is 13.1 Å². The number of nitrogens with zero attached hydrogens (tertiary/aromatic N) is 3. The average Bonchev–Trinajstić information content (AvgIpc) is 2.40. The van der Waals surface area contributed by atoms with Crippen molar-refractivity contribution in [1.29, 1.82) is 5.26 Å². The van der Waals surface area contributed by atoms with E-state index in [-0.39, 0.29) is 11.9 Å². The Morgan fingerprint density at radius 2 is 2.06 bits per heavy atom. The molecule has 2 aliphatic heterocycles. The van der Waals surface area contributed by atoms with Gasteiger partial charge >= 0.3 is 0 Å². The molecule has 1 atom stereocenters.